The van der Waals surface area contributed by atoms with Gasteiger partial charge >= 0.3 is 5.97 Å². The Morgan fingerprint density at radius 2 is 0.770 bits per heavy atom. The molecule has 358 valence electrons. The third-order valence-electron chi connectivity index (χ3n) is 12.1. The summed E-state index contributed by atoms with van der Waals surface area (Å²) in [5.41, 5.74) is 0. The first-order valence-electron chi connectivity index (χ1n) is 26.8. The zero-order chi connectivity index (χ0) is 44.4. The Morgan fingerprint density at radius 1 is 0.443 bits per heavy atom. The second-order valence-corrected chi connectivity index (χ2v) is 18.2. The van der Waals surface area contributed by atoms with Crippen LogP contribution >= 0.6 is 0 Å². The maximum atomic E-state index is 12.4. The fourth-order valence-corrected chi connectivity index (χ4v) is 7.97. The molecule has 0 aliphatic carbocycles. The van der Waals surface area contributed by atoms with Gasteiger partial charge in [0.15, 0.2) is 0 Å². The maximum Gasteiger partial charge on any atom is 0.305 e. The van der Waals surface area contributed by atoms with Gasteiger partial charge in [0.1, 0.15) is 0 Å². The van der Waals surface area contributed by atoms with Gasteiger partial charge in [0.2, 0.25) is 5.91 Å². The lowest BCUT2D eigenvalue weighted by molar-refractivity contribution is -0.143. The summed E-state index contributed by atoms with van der Waals surface area (Å²) in [6.07, 6.45) is 61.5. The van der Waals surface area contributed by atoms with Crippen LogP contribution in [0, 0.1) is 0 Å². The molecule has 0 aromatic carbocycles. The summed E-state index contributed by atoms with van der Waals surface area (Å²) in [7, 11) is 0. The quantitative estimate of drug-likeness (QED) is 0.0322. The zero-order valence-electron chi connectivity index (χ0n) is 40.6. The monoisotopic (exact) mass is 858 g/mol. The van der Waals surface area contributed by atoms with Crippen molar-refractivity contribution in [1.29, 1.82) is 0 Å². The van der Waals surface area contributed by atoms with Crippen LogP contribution in [0.4, 0.5) is 0 Å². The number of carbonyl (C=O) groups excluding carboxylic acids is 2. The van der Waals surface area contributed by atoms with E-state index >= 15 is 0 Å². The summed E-state index contributed by atoms with van der Waals surface area (Å²) in [6, 6.07) is -0.649. The fourth-order valence-electron chi connectivity index (χ4n) is 7.97. The number of hydrogen-bond donors (Lipinski definition) is 3. The normalized spacial score (nSPS) is 12.9. The second-order valence-electron chi connectivity index (χ2n) is 18.2. The van der Waals surface area contributed by atoms with Crippen molar-refractivity contribution in [2.75, 3.05) is 13.2 Å². The molecule has 0 rings (SSSR count). The number of carbonyl (C=O) groups is 2. The van der Waals surface area contributed by atoms with Gasteiger partial charge in [0, 0.05) is 12.8 Å². The van der Waals surface area contributed by atoms with Gasteiger partial charge < -0.3 is 20.3 Å². The van der Waals surface area contributed by atoms with Gasteiger partial charge in [-0.25, -0.2) is 0 Å². The van der Waals surface area contributed by atoms with Crippen molar-refractivity contribution in [1.82, 2.24) is 5.32 Å². The summed E-state index contributed by atoms with van der Waals surface area (Å²) in [5.74, 6) is -0.134. The Bertz CT molecular complexity index is 993. The van der Waals surface area contributed by atoms with Crippen LogP contribution in [0.2, 0.25) is 0 Å². The molecule has 6 nitrogen and oxygen atoms in total. The number of rotatable bonds is 49. The van der Waals surface area contributed by atoms with Gasteiger partial charge in [-0.05, 0) is 83.5 Å². The SMILES string of the molecule is CCCCCCCCC/C=C\CCCCCCCCCC(=O)OCCCC/C=C\CCCCCCCC(=O)NC(CO)C(O)/C=C/CCCCCCCCCCCCCCC. The number of ether oxygens (including phenoxy) is 1. The van der Waals surface area contributed by atoms with Crippen molar-refractivity contribution in [3.63, 3.8) is 0 Å². The Labute approximate surface area is 379 Å². The van der Waals surface area contributed by atoms with E-state index in [4.69, 9.17) is 4.74 Å². The Balaban J connectivity index is 3.54. The van der Waals surface area contributed by atoms with E-state index in [9.17, 15) is 19.8 Å². The van der Waals surface area contributed by atoms with Crippen molar-refractivity contribution in [2.45, 2.75) is 289 Å². The van der Waals surface area contributed by atoms with Gasteiger partial charge in [-0.2, -0.15) is 0 Å². The van der Waals surface area contributed by atoms with E-state index in [1.54, 1.807) is 6.08 Å². The van der Waals surface area contributed by atoms with E-state index in [1.165, 1.54) is 167 Å². The van der Waals surface area contributed by atoms with E-state index in [-0.39, 0.29) is 18.5 Å². The van der Waals surface area contributed by atoms with E-state index < -0.39 is 12.1 Å². The van der Waals surface area contributed by atoms with E-state index in [1.807, 2.05) is 6.08 Å². The average Bonchev–Trinajstić information content (AvgIpc) is 3.26. The molecule has 0 aromatic heterocycles. The minimum atomic E-state index is -0.863. The summed E-state index contributed by atoms with van der Waals surface area (Å²) in [5, 5.41) is 23.0. The molecule has 0 saturated carbocycles. The Hall–Kier alpha value is -1.92. The summed E-state index contributed by atoms with van der Waals surface area (Å²) in [6.45, 7) is 4.82. The lowest BCUT2D eigenvalue weighted by Gasteiger charge is -2.20. The maximum absolute atomic E-state index is 12.4. The molecule has 2 atom stereocenters. The highest BCUT2D eigenvalue weighted by Crippen LogP contribution is 2.15. The van der Waals surface area contributed by atoms with Crippen molar-refractivity contribution in [3.8, 4) is 0 Å². The lowest BCUT2D eigenvalue weighted by Crippen LogP contribution is -2.45. The molecule has 0 radical (unpaired) electrons. The van der Waals surface area contributed by atoms with Crippen LogP contribution in [-0.4, -0.2) is 47.4 Å². The molecule has 6 heteroatoms. The van der Waals surface area contributed by atoms with E-state index in [0.717, 1.165) is 83.5 Å². The molecular formula is C55H103NO5. The first-order valence-corrected chi connectivity index (χ1v) is 26.8. The number of unbranched alkanes of at least 4 members (excludes halogenated alkanes) is 34. The molecule has 0 aliphatic rings. The molecule has 3 N–H and O–H groups in total. The smallest absolute Gasteiger partial charge is 0.305 e. The van der Waals surface area contributed by atoms with Gasteiger partial charge in [-0.3, -0.25) is 9.59 Å². The highest BCUT2D eigenvalue weighted by molar-refractivity contribution is 5.76. The third kappa shape index (κ3) is 47.4. The highest BCUT2D eigenvalue weighted by Gasteiger charge is 2.18. The van der Waals surface area contributed by atoms with Crippen LogP contribution in [-0.2, 0) is 14.3 Å². The number of allylic oxidation sites excluding steroid dienone is 5. The largest absolute Gasteiger partial charge is 0.466 e. The molecule has 0 bridgehead atoms. The molecule has 0 aliphatic heterocycles. The fraction of sp³-hybridized carbons (Fsp3) is 0.855. The second kappa shape index (κ2) is 50.7. The third-order valence-corrected chi connectivity index (χ3v) is 12.1. The number of aliphatic hydroxyl groups is 2. The van der Waals surface area contributed by atoms with Gasteiger partial charge in [-0.15, -0.1) is 0 Å². The average molecular weight is 858 g/mol. The molecule has 0 spiro atoms. The number of esters is 1. The minimum Gasteiger partial charge on any atom is -0.466 e. The highest BCUT2D eigenvalue weighted by atomic mass is 16.5. The van der Waals surface area contributed by atoms with Crippen LogP contribution in [0.15, 0.2) is 36.5 Å². The number of hydrogen-bond acceptors (Lipinski definition) is 5. The van der Waals surface area contributed by atoms with Crippen molar-refractivity contribution in [3.05, 3.63) is 36.5 Å². The predicted molar refractivity (Wildman–Crippen MR) is 264 cm³/mol. The first kappa shape index (κ1) is 59.1. The summed E-state index contributed by atoms with van der Waals surface area (Å²) < 4.78 is 5.44. The van der Waals surface area contributed by atoms with Crippen LogP contribution in [0.3, 0.4) is 0 Å². The lowest BCUT2D eigenvalue weighted by atomic mass is 10.0. The Kier molecular flexibility index (Phi) is 49.1. The minimum absolute atomic E-state index is 0.0363. The van der Waals surface area contributed by atoms with Crippen molar-refractivity contribution < 1.29 is 24.5 Å². The molecule has 0 aromatic rings. The first-order chi connectivity index (χ1) is 30.0. The van der Waals surface area contributed by atoms with Gasteiger partial charge in [-0.1, -0.05) is 217 Å². The van der Waals surface area contributed by atoms with Crippen molar-refractivity contribution in [2.24, 2.45) is 0 Å². The van der Waals surface area contributed by atoms with E-state index in [2.05, 4.69) is 43.5 Å². The Morgan fingerprint density at radius 3 is 1.16 bits per heavy atom. The van der Waals surface area contributed by atoms with Crippen molar-refractivity contribution >= 4 is 11.9 Å². The molecule has 2 unspecified atom stereocenters. The molecule has 0 heterocycles. The molecule has 1 amide bonds. The zero-order valence-corrected chi connectivity index (χ0v) is 40.6. The number of amides is 1. The topological polar surface area (TPSA) is 95.9 Å². The number of nitrogens with one attached hydrogen (secondary N) is 1. The van der Waals surface area contributed by atoms with Crippen LogP contribution < -0.4 is 5.32 Å². The van der Waals surface area contributed by atoms with Crippen LogP contribution in [0.1, 0.15) is 277 Å². The number of aliphatic hydroxyl groups excluding tert-OH is 2. The molecule has 0 fully saturated rings. The molecular weight excluding hydrogens is 755 g/mol. The van der Waals surface area contributed by atoms with Crippen LogP contribution in [0.5, 0.6) is 0 Å². The molecule has 61 heavy (non-hydrogen) atoms. The standard InChI is InChI=1S/C55H103NO5/c1-3-5-7-9-11-13-15-17-19-20-21-23-25-29-33-37-41-45-49-55(60)61-50-46-42-38-34-30-26-28-32-36-40-44-48-54(59)56-52(51-57)53(58)47-43-39-35-31-27-24-22-18-16-14-12-10-8-6-4-2/h19-20,30,34,43,47,52-53,57-58H,3-18,21-29,31-33,35-42,44-46,48-51H2,1-2H3,(H,56,59)/b20-19-,34-30-,47-43+. The van der Waals surface area contributed by atoms with E-state index in [0.29, 0.717) is 19.4 Å². The van der Waals surface area contributed by atoms with Gasteiger partial charge in [0.25, 0.3) is 0 Å². The summed E-state index contributed by atoms with van der Waals surface area (Å²) >= 11 is 0. The van der Waals surface area contributed by atoms with Gasteiger partial charge in [0.05, 0.1) is 25.4 Å². The van der Waals surface area contributed by atoms with Crippen LogP contribution in [0.25, 0.3) is 0 Å². The predicted octanol–water partition coefficient (Wildman–Crippen LogP) is 16.1. The summed E-state index contributed by atoms with van der Waals surface area (Å²) in [4.78, 5) is 24.5. The molecule has 0 saturated heterocycles.